The number of sulfonamides is 1. The highest BCUT2D eigenvalue weighted by Gasteiger charge is 2.33. The molecule has 0 atom stereocenters. The summed E-state index contributed by atoms with van der Waals surface area (Å²) in [5, 5.41) is 0. The van der Waals surface area contributed by atoms with Gasteiger partial charge >= 0.3 is 0 Å². The molecule has 0 spiro atoms. The SMILES string of the molecule is COc1c(F)c(F)c(S(=O)(=O)NCCCN2CCCC2=O)c(F)c1F. The molecular weight excluding hydrogens is 368 g/mol. The molecule has 1 fully saturated rings. The second-order valence-corrected chi connectivity index (χ2v) is 7.06. The third kappa shape index (κ3) is 3.87. The Balaban J connectivity index is 2.13. The van der Waals surface area contributed by atoms with Gasteiger partial charge in [0.2, 0.25) is 27.6 Å². The summed E-state index contributed by atoms with van der Waals surface area (Å²) in [4.78, 5) is 11.2. The summed E-state index contributed by atoms with van der Waals surface area (Å²) in [6.45, 7) is 0.557. The van der Waals surface area contributed by atoms with E-state index >= 15 is 0 Å². The highest BCUT2D eigenvalue weighted by atomic mass is 32.2. The smallest absolute Gasteiger partial charge is 0.246 e. The van der Waals surface area contributed by atoms with Gasteiger partial charge in [-0.25, -0.2) is 21.9 Å². The molecule has 140 valence electrons. The lowest BCUT2D eigenvalue weighted by Gasteiger charge is -2.16. The zero-order chi connectivity index (χ0) is 18.8. The quantitative estimate of drug-likeness (QED) is 0.440. The number of methoxy groups -OCH3 is 1. The normalized spacial score (nSPS) is 15.1. The molecule has 1 heterocycles. The van der Waals surface area contributed by atoms with Crippen LogP contribution in [0.4, 0.5) is 17.6 Å². The second kappa shape index (κ2) is 7.56. The van der Waals surface area contributed by atoms with Crippen molar-refractivity contribution in [2.45, 2.75) is 24.2 Å². The third-order valence-corrected chi connectivity index (χ3v) is 5.20. The molecule has 0 aromatic heterocycles. The van der Waals surface area contributed by atoms with Crippen LogP contribution >= 0.6 is 0 Å². The maximum Gasteiger partial charge on any atom is 0.246 e. The molecule has 0 radical (unpaired) electrons. The first kappa shape index (κ1) is 19.4. The Morgan fingerprint density at radius 2 is 1.72 bits per heavy atom. The number of nitrogens with one attached hydrogen (secondary N) is 1. The van der Waals surface area contributed by atoms with Crippen LogP contribution in [0.15, 0.2) is 4.90 Å². The van der Waals surface area contributed by atoms with E-state index in [1.807, 2.05) is 4.72 Å². The topological polar surface area (TPSA) is 75.7 Å². The van der Waals surface area contributed by atoms with E-state index in [2.05, 4.69) is 4.74 Å². The molecule has 0 unspecified atom stereocenters. The van der Waals surface area contributed by atoms with Crippen molar-refractivity contribution in [2.24, 2.45) is 0 Å². The highest BCUT2D eigenvalue weighted by molar-refractivity contribution is 7.89. The van der Waals surface area contributed by atoms with E-state index in [9.17, 15) is 30.8 Å². The maximum absolute atomic E-state index is 13.9. The number of hydrogen-bond donors (Lipinski definition) is 1. The van der Waals surface area contributed by atoms with Gasteiger partial charge in [-0.1, -0.05) is 0 Å². The number of ether oxygens (including phenoxy) is 1. The number of carbonyl (C=O) groups is 1. The summed E-state index contributed by atoms with van der Waals surface area (Å²) >= 11 is 0. The molecule has 1 aliphatic heterocycles. The number of carbonyl (C=O) groups excluding carboxylic acids is 1. The van der Waals surface area contributed by atoms with E-state index < -0.39 is 43.9 Å². The Morgan fingerprint density at radius 1 is 1.12 bits per heavy atom. The molecule has 0 saturated carbocycles. The van der Waals surface area contributed by atoms with Crippen LogP contribution < -0.4 is 9.46 Å². The Bertz CT molecular complexity index is 757. The van der Waals surface area contributed by atoms with Gasteiger partial charge in [0.15, 0.2) is 22.3 Å². The van der Waals surface area contributed by atoms with Crippen molar-refractivity contribution in [3.8, 4) is 5.75 Å². The number of rotatable bonds is 7. The fraction of sp³-hybridized carbons (Fsp3) is 0.500. The van der Waals surface area contributed by atoms with Gasteiger partial charge in [0.1, 0.15) is 0 Å². The summed E-state index contributed by atoms with van der Waals surface area (Å²) in [6.07, 6.45) is 1.31. The summed E-state index contributed by atoms with van der Waals surface area (Å²) in [5.41, 5.74) is 0. The molecule has 0 aliphatic carbocycles. The zero-order valence-corrected chi connectivity index (χ0v) is 14.1. The average molecular weight is 384 g/mol. The number of likely N-dealkylation sites (tertiary alicyclic amines) is 1. The molecule has 25 heavy (non-hydrogen) atoms. The number of amides is 1. The van der Waals surface area contributed by atoms with Crippen molar-refractivity contribution in [3.05, 3.63) is 23.3 Å². The lowest BCUT2D eigenvalue weighted by atomic mass is 10.3. The first-order valence-electron chi connectivity index (χ1n) is 7.38. The molecule has 0 bridgehead atoms. The van der Waals surface area contributed by atoms with E-state index in [0.29, 0.717) is 19.4 Å². The third-order valence-electron chi connectivity index (χ3n) is 3.72. The molecular formula is C14H16F4N2O4S. The van der Waals surface area contributed by atoms with Gasteiger partial charge in [-0.15, -0.1) is 0 Å². The molecule has 1 amide bonds. The van der Waals surface area contributed by atoms with E-state index in [0.717, 1.165) is 7.11 Å². The zero-order valence-electron chi connectivity index (χ0n) is 13.2. The minimum Gasteiger partial charge on any atom is -0.491 e. The molecule has 1 aromatic carbocycles. The molecule has 1 aliphatic rings. The highest BCUT2D eigenvalue weighted by Crippen LogP contribution is 2.32. The van der Waals surface area contributed by atoms with Gasteiger partial charge in [0.25, 0.3) is 0 Å². The van der Waals surface area contributed by atoms with E-state index in [4.69, 9.17) is 0 Å². The molecule has 1 aromatic rings. The number of halogens is 4. The van der Waals surface area contributed by atoms with Crippen LogP contribution in [0.25, 0.3) is 0 Å². The summed E-state index contributed by atoms with van der Waals surface area (Å²) < 4.78 is 85.0. The average Bonchev–Trinajstić information content (AvgIpc) is 2.95. The molecule has 2 rings (SSSR count). The van der Waals surface area contributed by atoms with Gasteiger partial charge in [-0.3, -0.25) is 4.79 Å². The monoisotopic (exact) mass is 384 g/mol. The number of benzene rings is 1. The molecule has 6 nitrogen and oxygen atoms in total. The molecule has 11 heteroatoms. The Morgan fingerprint density at radius 3 is 2.20 bits per heavy atom. The van der Waals surface area contributed by atoms with Crippen molar-refractivity contribution < 1.29 is 35.5 Å². The van der Waals surface area contributed by atoms with Crippen molar-refractivity contribution in [2.75, 3.05) is 26.7 Å². The maximum atomic E-state index is 13.9. The van der Waals surface area contributed by atoms with Crippen molar-refractivity contribution >= 4 is 15.9 Å². The molecule has 1 N–H and O–H groups in total. The predicted octanol–water partition coefficient (Wildman–Crippen LogP) is 1.54. The van der Waals surface area contributed by atoms with Crippen molar-refractivity contribution in [3.63, 3.8) is 0 Å². The minimum atomic E-state index is -4.84. The van der Waals surface area contributed by atoms with Crippen LogP contribution in [0.5, 0.6) is 5.75 Å². The fourth-order valence-electron chi connectivity index (χ4n) is 2.50. The first-order valence-corrected chi connectivity index (χ1v) is 8.86. The van der Waals surface area contributed by atoms with Crippen LogP contribution in [-0.2, 0) is 14.8 Å². The Labute approximate surface area is 141 Å². The van der Waals surface area contributed by atoms with E-state index in [1.54, 1.807) is 0 Å². The van der Waals surface area contributed by atoms with Crippen LogP contribution in [0.2, 0.25) is 0 Å². The van der Waals surface area contributed by atoms with Gasteiger partial charge in [-0.05, 0) is 12.8 Å². The first-order chi connectivity index (χ1) is 11.7. The van der Waals surface area contributed by atoms with E-state index in [-0.39, 0.29) is 25.4 Å². The van der Waals surface area contributed by atoms with Gasteiger partial charge in [-0.2, -0.15) is 8.78 Å². The minimum absolute atomic E-state index is 0.0563. The van der Waals surface area contributed by atoms with Crippen LogP contribution in [0, 0.1) is 23.3 Å². The van der Waals surface area contributed by atoms with Crippen LogP contribution in [0.3, 0.4) is 0 Å². The van der Waals surface area contributed by atoms with Crippen molar-refractivity contribution in [1.82, 2.24) is 9.62 Å². The molecule has 1 saturated heterocycles. The van der Waals surface area contributed by atoms with E-state index in [1.165, 1.54) is 4.90 Å². The Kier molecular flexibility index (Phi) is 5.88. The predicted molar refractivity (Wildman–Crippen MR) is 78.4 cm³/mol. The second-order valence-electron chi connectivity index (χ2n) is 5.35. The van der Waals surface area contributed by atoms with Gasteiger partial charge in [0, 0.05) is 26.1 Å². The number of nitrogens with zero attached hydrogens (tertiary/aromatic N) is 1. The fourth-order valence-corrected chi connectivity index (χ4v) is 3.70. The number of hydrogen-bond acceptors (Lipinski definition) is 4. The summed E-state index contributed by atoms with van der Waals surface area (Å²) in [6, 6.07) is 0. The lowest BCUT2D eigenvalue weighted by molar-refractivity contribution is -0.127. The summed E-state index contributed by atoms with van der Waals surface area (Å²) in [7, 11) is -4.06. The van der Waals surface area contributed by atoms with Crippen LogP contribution in [-0.4, -0.2) is 46.0 Å². The van der Waals surface area contributed by atoms with Crippen molar-refractivity contribution in [1.29, 1.82) is 0 Å². The van der Waals surface area contributed by atoms with Crippen LogP contribution in [0.1, 0.15) is 19.3 Å². The lowest BCUT2D eigenvalue weighted by Crippen LogP contribution is -2.31. The van der Waals surface area contributed by atoms with Gasteiger partial charge in [0.05, 0.1) is 7.11 Å². The summed E-state index contributed by atoms with van der Waals surface area (Å²) in [5.74, 6) is -9.43. The Hall–Kier alpha value is -1.88. The standard InChI is InChI=1S/C14H16F4N2O4S/c1-24-13-9(15)11(17)14(12(18)10(13)16)25(22,23)19-5-3-7-20-6-2-4-8(20)21/h19H,2-7H2,1H3. The largest absolute Gasteiger partial charge is 0.491 e. The van der Waals surface area contributed by atoms with Gasteiger partial charge < -0.3 is 9.64 Å².